The third-order valence-corrected chi connectivity index (χ3v) is 5.66. The summed E-state index contributed by atoms with van der Waals surface area (Å²) in [5, 5.41) is 5.25. The first-order valence-electron chi connectivity index (χ1n) is 7.92. The highest BCUT2D eigenvalue weighted by molar-refractivity contribution is 7.89. The molecule has 3 rings (SSSR count). The largest absolute Gasteiger partial charge is 0.381 e. The fourth-order valence-corrected chi connectivity index (χ4v) is 3.72. The summed E-state index contributed by atoms with van der Waals surface area (Å²) in [4.78, 5) is 0.236. The summed E-state index contributed by atoms with van der Waals surface area (Å²) in [5.74, 6) is 0. The van der Waals surface area contributed by atoms with Crippen LogP contribution in [0.4, 0.5) is 11.4 Å². The van der Waals surface area contributed by atoms with Gasteiger partial charge in [0.2, 0.25) is 10.0 Å². The Labute approximate surface area is 137 Å². The van der Waals surface area contributed by atoms with Gasteiger partial charge in [-0.3, -0.25) is 10.9 Å². The molecule has 0 bridgehead atoms. The second-order valence-corrected chi connectivity index (χ2v) is 7.68. The summed E-state index contributed by atoms with van der Waals surface area (Å²) in [6.45, 7) is 0. The number of anilines is 2. The summed E-state index contributed by atoms with van der Waals surface area (Å²) in [5.41, 5.74) is 7.73. The molecule has 1 aromatic carbocycles. The van der Waals surface area contributed by atoms with Gasteiger partial charge in [0.1, 0.15) is 5.69 Å². The lowest BCUT2D eigenvalue weighted by Crippen LogP contribution is -2.39. The smallest absolute Gasteiger partial charge is 0.240 e. The maximum Gasteiger partial charge on any atom is 0.240 e. The molecule has 0 radical (unpaired) electrons. The van der Waals surface area contributed by atoms with Gasteiger partial charge in [0.25, 0.3) is 0 Å². The van der Waals surface area contributed by atoms with Gasteiger partial charge in [-0.25, -0.2) is 13.1 Å². The molecule has 0 atom stereocenters. The Hall–Kier alpha value is -1.93. The Balaban J connectivity index is 1.90. The van der Waals surface area contributed by atoms with Crippen LogP contribution in [0.3, 0.4) is 0 Å². The molecule has 1 fully saturated rings. The van der Waals surface area contributed by atoms with E-state index in [1.165, 1.54) is 26.3 Å². The van der Waals surface area contributed by atoms with Crippen molar-refractivity contribution in [3.05, 3.63) is 30.6 Å². The molecule has 0 saturated heterocycles. The van der Waals surface area contributed by atoms with Crippen molar-refractivity contribution >= 4 is 21.4 Å². The van der Waals surface area contributed by atoms with Gasteiger partial charge in [0.15, 0.2) is 0 Å². The van der Waals surface area contributed by atoms with Gasteiger partial charge in [0.05, 0.1) is 10.6 Å². The molecule has 126 valence electrons. The van der Waals surface area contributed by atoms with E-state index in [1.807, 2.05) is 6.07 Å². The molecular formula is C15H23N5O2S. The van der Waals surface area contributed by atoms with Crippen LogP contribution < -0.4 is 26.0 Å². The zero-order valence-electron chi connectivity index (χ0n) is 13.2. The standard InChI is InChI=1S/C15H23N5O2S/c1-16-23(21,22)13-7-8-14(19-12-5-3-2-4-6-12)15(11-13)20-17-9-10-18-20/h7-12,16-19H,2-6H2,1H3. The van der Waals surface area contributed by atoms with Crippen LogP contribution in [0.15, 0.2) is 35.5 Å². The molecule has 7 nitrogen and oxygen atoms in total. The summed E-state index contributed by atoms with van der Waals surface area (Å²) >= 11 is 0. The van der Waals surface area contributed by atoms with Crippen LogP contribution in [-0.4, -0.2) is 21.5 Å². The van der Waals surface area contributed by atoms with E-state index in [1.54, 1.807) is 29.7 Å². The normalized spacial score (nSPS) is 18.6. The predicted octanol–water partition coefficient (Wildman–Crippen LogP) is 1.64. The molecule has 0 spiro atoms. The Morgan fingerprint density at radius 1 is 1.13 bits per heavy atom. The molecule has 1 aromatic rings. The van der Waals surface area contributed by atoms with Crippen molar-refractivity contribution in [3.63, 3.8) is 0 Å². The van der Waals surface area contributed by atoms with E-state index in [0.29, 0.717) is 6.04 Å². The highest BCUT2D eigenvalue weighted by Gasteiger charge is 2.21. The van der Waals surface area contributed by atoms with Crippen LogP contribution >= 0.6 is 0 Å². The molecule has 2 aliphatic rings. The first-order chi connectivity index (χ1) is 11.1. The molecule has 4 N–H and O–H groups in total. The van der Waals surface area contributed by atoms with Crippen LogP contribution in [0.5, 0.6) is 0 Å². The van der Waals surface area contributed by atoms with Gasteiger partial charge in [-0.05, 0) is 38.1 Å². The van der Waals surface area contributed by atoms with Crippen molar-refractivity contribution in [1.29, 1.82) is 0 Å². The number of rotatable bonds is 5. The fourth-order valence-electron chi connectivity index (χ4n) is 2.97. The summed E-state index contributed by atoms with van der Waals surface area (Å²) in [6, 6.07) is 5.55. The van der Waals surface area contributed by atoms with Gasteiger partial charge in [-0.15, -0.1) is 0 Å². The van der Waals surface area contributed by atoms with E-state index in [9.17, 15) is 8.42 Å². The third-order valence-electron chi connectivity index (χ3n) is 4.24. The van der Waals surface area contributed by atoms with Crippen molar-refractivity contribution in [2.45, 2.75) is 43.0 Å². The molecule has 23 heavy (non-hydrogen) atoms. The lowest BCUT2D eigenvalue weighted by atomic mass is 9.95. The van der Waals surface area contributed by atoms with Gasteiger partial charge in [-0.2, -0.15) is 5.12 Å². The highest BCUT2D eigenvalue weighted by atomic mass is 32.2. The molecule has 1 heterocycles. The van der Waals surface area contributed by atoms with Crippen LogP contribution in [0, 0.1) is 0 Å². The van der Waals surface area contributed by atoms with Gasteiger partial charge < -0.3 is 5.32 Å². The number of hydrogen-bond donors (Lipinski definition) is 4. The minimum absolute atomic E-state index is 0.236. The van der Waals surface area contributed by atoms with Crippen molar-refractivity contribution in [3.8, 4) is 0 Å². The second kappa shape index (κ2) is 6.67. The van der Waals surface area contributed by atoms with Crippen LogP contribution in [0.2, 0.25) is 0 Å². The molecule has 0 aromatic heterocycles. The molecule has 0 unspecified atom stereocenters. The number of hydrazine groups is 2. The van der Waals surface area contributed by atoms with Crippen molar-refractivity contribution in [1.82, 2.24) is 15.6 Å². The van der Waals surface area contributed by atoms with Crippen molar-refractivity contribution in [2.75, 3.05) is 17.5 Å². The predicted molar refractivity (Wildman–Crippen MR) is 91.1 cm³/mol. The molecule has 0 amide bonds. The second-order valence-electron chi connectivity index (χ2n) is 5.79. The van der Waals surface area contributed by atoms with E-state index >= 15 is 0 Å². The molecule has 1 aliphatic carbocycles. The zero-order chi connectivity index (χ0) is 16.3. The number of hydrogen-bond acceptors (Lipinski definition) is 6. The van der Waals surface area contributed by atoms with Crippen LogP contribution in [-0.2, 0) is 10.0 Å². The van der Waals surface area contributed by atoms with E-state index in [-0.39, 0.29) is 4.90 Å². The molecule has 1 saturated carbocycles. The average Bonchev–Trinajstić information content (AvgIpc) is 3.10. The maximum atomic E-state index is 12.1. The average molecular weight is 337 g/mol. The zero-order valence-corrected chi connectivity index (χ0v) is 14.0. The number of benzene rings is 1. The molecular weight excluding hydrogens is 314 g/mol. The Morgan fingerprint density at radius 2 is 1.83 bits per heavy atom. The number of nitrogens with zero attached hydrogens (tertiary/aromatic N) is 1. The Kier molecular flexibility index (Phi) is 4.63. The number of nitrogens with one attached hydrogen (secondary N) is 4. The topological polar surface area (TPSA) is 85.5 Å². The summed E-state index contributed by atoms with van der Waals surface area (Å²) < 4.78 is 26.5. The summed E-state index contributed by atoms with van der Waals surface area (Å²) in [7, 11) is -2.07. The van der Waals surface area contributed by atoms with Crippen molar-refractivity contribution < 1.29 is 8.42 Å². The van der Waals surface area contributed by atoms with E-state index in [2.05, 4.69) is 20.9 Å². The molecule has 8 heteroatoms. The monoisotopic (exact) mass is 337 g/mol. The van der Waals surface area contributed by atoms with E-state index in [4.69, 9.17) is 0 Å². The third kappa shape index (κ3) is 3.53. The number of sulfonamides is 1. The Bertz CT molecular complexity index is 675. The minimum atomic E-state index is -3.48. The quantitative estimate of drug-likeness (QED) is 0.654. The SMILES string of the molecule is CNS(=O)(=O)c1ccc(NC2CCCCC2)c(N2NC=CN2)c1. The summed E-state index contributed by atoms with van der Waals surface area (Å²) in [6.07, 6.45) is 9.57. The van der Waals surface area contributed by atoms with Gasteiger partial charge in [-0.1, -0.05) is 19.3 Å². The van der Waals surface area contributed by atoms with E-state index in [0.717, 1.165) is 24.2 Å². The lowest BCUT2D eigenvalue weighted by Gasteiger charge is -2.28. The fraction of sp³-hybridized carbons (Fsp3) is 0.467. The van der Waals surface area contributed by atoms with Gasteiger partial charge in [0, 0.05) is 18.4 Å². The first kappa shape index (κ1) is 15.9. The van der Waals surface area contributed by atoms with Crippen LogP contribution in [0.25, 0.3) is 0 Å². The highest BCUT2D eigenvalue weighted by Crippen LogP contribution is 2.31. The first-order valence-corrected chi connectivity index (χ1v) is 9.40. The Morgan fingerprint density at radius 3 is 2.48 bits per heavy atom. The van der Waals surface area contributed by atoms with E-state index < -0.39 is 10.0 Å². The minimum Gasteiger partial charge on any atom is -0.381 e. The van der Waals surface area contributed by atoms with Crippen LogP contribution in [0.1, 0.15) is 32.1 Å². The maximum absolute atomic E-state index is 12.1. The van der Waals surface area contributed by atoms with Crippen molar-refractivity contribution in [2.24, 2.45) is 0 Å². The van der Waals surface area contributed by atoms with Gasteiger partial charge >= 0.3 is 0 Å². The molecule has 1 aliphatic heterocycles. The lowest BCUT2D eigenvalue weighted by molar-refractivity contribution is 0.462.